The maximum atomic E-state index is 10.7. The maximum absolute atomic E-state index is 10.7. The molecule has 1 nitrogen and oxygen atoms in total. The number of carbonyl (C=O) groups is 1. The number of aldehydes is 1. The summed E-state index contributed by atoms with van der Waals surface area (Å²) in [5.74, 6) is 1.16. The van der Waals surface area contributed by atoms with Crippen molar-refractivity contribution in [2.75, 3.05) is 0 Å². The van der Waals surface area contributed by atoms with Gasteiger partial charge in [-0.05, 0) is 55.6 Å². The summed E-state index contributed by atoms with van der Waals surface area (Å²) in [6, 6.07) is 0. The smallest absolute Gasteiger partial charge is 0.143 e. The second kappa shape index (κ2) is 5.26. The van der Waals surface area contributed by atoms with Crippen molar-refractivity contribution in [1.29, 1.82) is 0 Å². The molecule has 0 amide bonds. The van der Waals surface area contributed by atoms with Gasteiger partial charge in [0.2, 0.25) is 0 Å². The zero-order valence-corrected chi connectivity index (χ0v) is 11.8. The Balaban J connectivity index is 2.15. The molecule has 0 radical (unpaired) electrons. The van der Waals surface area contributed by atoms with Gasteiger partial charge in [0.15, 0.2) is 0 Å². The lowest BCUT2D eigenvalue weighted by molar-refractivity contribution is -0.104. The maximum Gasteiger partial charge on any atom is 0.143 e. The molecule has 0 spiro atoms. The summed E-state index contributed by atoms with van der Waals surface area (Å²) in [7, 11) is 0. The van der Waals surface area contributed by atoms with Gasteiger partial charge in [-0.2, -0.15) is 0 Å². The first kappa shape index (κ1) is 13.3. The first-order chi connectivity index (χ1) is 8.54. The molecule has 1 atom stereocenters. The van der Waals surface area contributed by atoms with E-state index in [0.717, 1.165) is 6.29 Å². The highest BCUT2D eigenvalue weighted by molar-refractivity contribution is 5.67. The Labute approximate surface area is 111 Å². The van der Waals surface area contributed by atoms with E-state index < -0.39 is 0 Å². The SMILES string of the molecule is CC1=CCCC(C)(C)C1/C=C/C(=C\C=O)C1CC1. The van der Waals surface area contributed by atoms with Gasteiger partial charge in [0, 0.05) is 5.92 Å². The van der Waals surface area contributed by atoms with Crippen LogP contribution in [0.25, 0.3) is 0 Å². The summed E-state index contributed by atoms with van der Waals surface area (Å²) < 4.78 is 0. The van der Waals surface area contributed by atoms with Crippen LogP contribution in [0.1, 0.15) is 46.5 Å². The molecule has 0 aliphatic heterocycles. The molecule has 18 heavy (non-hydrogen) atoms. The molecule has 1 saturated carbocycles. The van der Waals surface area contributed by atoms with Crippen molar-refractivity contribution in [3.8, 4) is 0 Å². The van der Waals surface area contributed by atoms with Crippen LogP contribution in [-0.2, 0) is 4.79 Å². The molecule has 0 aromatic rings. The Kier molecular flexibility index (Phi) is 3.89. The molecule has 2 rings (SSSR count). The van der Waals surface area contributed by atoms with Crippen LogP contribution in [-0.4, -0.2) is 6.29 Å². The molecule has 2 aliphatic rings. The third-order valence-corrected chi connectivity index (χ3v) is 4.38. The monoisotopic (exact) mass is 244 g/mol. The quantitative estimate of drug-likeness (QED) is 0.309. The van der Waals surface area contributed by atoms with Gasteiger partial charge in [-0.1, -0.05) is 37.6 Å². The Morgan fingerprint density at radius 3 is 2.67 bits per heavy atom. The fraction of sp³-hybridized carbons (Fsp3) is 0.588. The molecule has 1 unspecified atom stereocenters. The Morgan fingerprint density at radius 2 is 2.11 bits per heavy atom. The first-order valence-corrected chi connectivity index (χ1v) is 7.05. The van der Waals surface area contributed by atoms with E-state index in [0.29, 0.717) is 17.3 Å². The normalized spacial score (nSPS) is 28.3. The molecule has 0 saturated heterocycles. The average Bonchev–Trinajstić information content (AvgIpc) is 3.10. The third kappa shape index (κ3) is 3.01. The summed E-state index contributed by atoms with van der Waals surface area (Å²) in [5, 5.41) is 0. The number of rotatable bonds is 4. The summed E-state index contributed by atoms with van der Waals surface area (Å²) in [4.78, 5) is 10.7. The minimum absolute atomic E-state index is 0.338. The predicted molar refractivity (Wildman–Crippen MR) is 76.3 cm³/mol. The van der Waals surface area contributed by atoms with Gasteiger partial charge in [0.05, 0.1) is 0 Å². The van der Waals surface area contributed by atoms with Crippen molar-refractivity contribution < 1.29 is 4.79 Å². The van der Waals surface area contributed by atoms with Crippen molar-refractivity contribution in [2.45, 2.75) is 46.5 Å². The lowest BCUT2D eigenvalue weighted by atomic mass is 9.68. The summed E-state index contributed by atoms with van der Waals surface area (Å²) in [6.07, 6.45) is 14.5. The standard InChI is InChI=1S/C17H24O/c1-13-5-4-11-17(2,3)16(13)9-8-15(10-12-18)14-6-7-14/h5,8-10,12,14,16H,4,6-7,11H2,1-3H3/b9-8+,15-10+. The van der Waals surface area contributed by atoms with Gasteiger partial charge < -0.3 is 0 Å². The van der Waals surface area contributed by atoms with E-state index in [1.54, 1.807) is 6.08 Å². The summed E-state index contributed by atoms with van der Waals surface area (Å²) in [6.45, 7) is 6.92. The van der Waals surface area contributed by atoms with Crippen LogP contribution in [0.2, 0.25) is 0 Å². The van der Waals surface area contributed by atoms with Crippen LogP contribution in [0, 0.1) is 17.3 Å². The van der Waals surface area contributed by atoms with Crippen molar-refractivity contribution in [3.63, 3.8) is 0 Å². The van der Waals surface area contributed by atoms with Crippen molar-refractivity contribution in [2.24, 2.45) is 17.3 Å². The molecule has 0 N–H and O–H groups in total. The van der Waals surface area contributed by atoms with E-state index in [-0.39, 0.29) is 0 Å². The molecular weight excluding hydrogens is 220 g/mol. The molecule has 0 heterocycles. The van der Waals surface area contributed by atoms with E-state index in [2.05, 4.69) is 39.0 Å². The predicted octanol–water partition coefficient (Wildman–Crippen LogP) is 4.46. The first-order valence-electron chi connectivity index (χ1n) is 7.05. The van der Waals surface area contributed by atoms with Gasteiger partial charge in [0.1, 0.15) is 6.29 Å². The lowest BCUT2D eigenvalue weighted by Crippen LogP contribution is -2.26. The third-order valence-electron chi connectivity index (χ3n) is 4.38. The number of carbonyl (C=O) groups excluding carboxylic acids is 1. The van der Waals surface area contributed by atoms with Crippen molar-refractivity contribution in [1.82, 2.24) is 0 Å². The minimum atomic E-state index is 0.338. The van der Waals surface area contributed by atoms with Gasteiger partial charge in [-0.3, -0.25) is 4.79 Å². The second-order valence-electron chi connectivity index (χ2n) is 6.39. The Bertz CT molecular complexity index is 405. The molecule has 1 fully saturated rings. The summed E-state index contributed by atoms with van der Waals surface area (Å²) in [5.41, 5.74) is 3.04. The fourth-order valence-corrected chi connectivity index (χ4v) is 3.01. The van der Waals surface area contributed by atoms with E-state index in [4.69, 9.17) is 0 Å². The topological polar surface area (TPSA) is 17.1 Å². The van der Waals surface area contributed by atoms with Gasteiger partial charge >= 0.3 is 0 Å². The fourth-order valence-electron chi connectivity index (χ4n) is 3.01. The molecule has 0 aromatic carbocycles. The van der Waals surface area contributed by atoms with Crippen molar-refractivity contribution in [3.05, 3.63) is 35.5 Å². The number of allylic oxidation sites excluding steroid dienone is 6. The van der Waals surface area contributed by atoms with E-state index in [1.807, 2.05) is 0 Å². The minimum Gasteiger partial charge on any atom is -0.299 e. The lowest BCUT2D eigenvalue weighted by Gasteiger charge is -2.36. The zero-order valence-electron chi connectivity index (χ0n) is 11.8. The van der Waals surface area contributed by atoms with Gasteiger partial charge in [-0.25, -0.2) is 0 Å². The van der Waals surface area contributed by atoms with E-state index in [9.17, 15) is 4.79 Å². The highest BCUT2D eigenvalue weighted by Gasteiger charge is 2.31. The molecule has 0 aromatic heterocycles. The largest absolute Gasteiger partial charge is 0.299 e. The van der Waals surface area contributed by atoms with Crippen LogP contribution in [0.4, 0.5) is 0 Å². The van der Waals surface area contributed by atoms with E-state index in [1.165, 1.54) is 36.8 Å². The van der Waals surface area contributed by atoms with Crippen LogP contribution >= 0.6 is 0 Å². The van der Waals surface area contributed by atoms with Crippen molar-refractivity contribution >= 4 is 6.29 Å². The molecule has 1 heteroatoms. The Hall–Kier alpha value is -1.11. The molecular formula is C17H24O. The molecule has 2 aliphatic carbocycles. The van der Waals surface area contributed by atoms with Crippen LogP contribution < -0.4 is 0 Å². The number of hydrogen-bond donors (Lipinski definition) is 0. The van der Waals surface area contributed by atoms with Gasteiger partial charge in [0.25, 0.3) is 0 Å². The average molecular weight is 244 g/mol. The zero-order chi connectivity index (χ0) is 13.2. The molecule has 98 valence electrons. The highest BCUT2D eigenvalue weighted by Crippen LogP contribution is 2.43. The highest BCUT2D eigenvalue weighted by atomic mass is 16.1. The van der Waals surface area contributed by atoms with E-state index >= 15 is 0 Å². The van der Waals surface area contributed by atoms with Gasteiger partial charge in [-0.15, -0.1) is 0 Å². The molecule has 0 bridgehead atoms. The Morgan fingerprint density at radius 1 is 1.39 bits per heavy atom. The van der Waals surface area contributed by atoms with Crippen LogP contribution in [0.5, 0.6) is 0 Å². The number of hydrogen-bond acceptors (Lipinski definition) is 1. The van der Waals surface area contributed by atoms with Crippen LogP contribution in [0.3, 0.4) is 0 Å². The van der Waals surface area contributed by atoms with Crippen LogP contribution in [0.15, 0.2) is 35.5 Å². The second-order valence-corrected chi connectivity index (χ2v) is 6.39. The summed E-state index contributed by atoms with van der Waals surface area (Å²) >= 11 is 0.